The van der Waals surface area contributed by atoms with E-state index in [1.807, 2.05) is 19.1 Å². The maximum Gasteiger partial charge on any atom is 0.241 e. The van der Waals surface area contributed by atoms with Crippen molar-refractivity contribution in [3.8, 4) is 17.0 Å². The number of ether oxygens (including phenoxy) is 1. The van der Waals surface area contributed by atoms with Gasteiger partial charge in [-0.25, -0.2) is 0 Å². The van der Waals surface area contributed by atoms with Crippen LogP contribution in [0.15, 0.2) is 24.4 Å². The lowest BCUT2D eigenvalue weighted by Crippen LogP contribution is -2.29. The summed E-state index contributed by atoms with van der Waals surface area (Å²) < 4.78 is 7.52. The smallest absolute Gasteiger partial charge is 0.241 e. The van der Waals surface area contributed by atoms with Crippen LogP contribution in [0.5, 0.6) is 5.75 Å². The fourth-order valence-corrected chi connectivity index (χ4v) is 2.67. The van der Waals surface area contributed by atoms with Gasteiger partial charge < -0.3 is 10.1 Å². The number of aryl methyl sites for hydroxylation is 1. The molecule has 0 unspecified atom stereocenters. The molecule has 1 amide bonds. The normalized spacial score (nSPS) is 12.3. The van der Waals surface area contributed by atoms with Crippen LogP contribution in [0.4, 0.5) is 0 Å². The molecule has 1 aliphatic heterocycles. The molecule has 0 saturated heterocycles. The highest BCUT2D eigenvalue weighted by atomic mass is 16.5. The quantitative estimate of drug-likeness (QED) is 0.864. The van der Waals surface area contributed by atoms with Gasteiger partial charge in [0.15, 0.2) is 0 Å². The molecule has 0 saturated carbocycles. The van der Waals surface area contributed by atoms with Crippen molar-refractivity contribution in [2.45, 2.75) is 39.8 Å². The zero-order chi connectivity index (χ0) is 15.5. The first-order valence-corrected chi connectivity index (χ1v) is 7.74. The van der Waals surface area contributed by atoms with E-state index in [9.17, 15) is 4.79 Å². The Kier molecular flexibility index (Phi) is 4.13. The monoisotopic (exact) mass is 299 g/mol. The van der Waals surface area contributed by atoms with E-state index in [2.05, 4.69) is 23.4 Å². The fourth-order valence-electron chi connectivity index (χ4n) is 2.67. The largest absolute Gasteiger partial charge is 0.488 e. The molecule has 1 aromatic carbocycles. The average Bonchev–Trinajstić information content (AvgIpc) is 2.91. The SMILES string of the molecule is CCCCNC(=O)Cn1ncc2c1-c1cc(C)ccc1OC2. The van der Waals surface area contributed by atoms with Crippen molar-refractivity contribution >= 4 is 5.91 Å². The zero-order valence-electron chi connectivity index (χ0n) is 13.1. The summed E-state index contributed by atoms with van der Waals surface area (Å²) in [6.07, 6.45) is 3.86. The summed E-state index contributed by atoms with van der Waals surface area (Å²) in [6.45, 7) is 5.62. The third kappa shape index (κ3) is 2.84. The fraction of sp³-hybridized carbons (Fsp3) is 0.412. The molecule has 3 rings (SSSR count). The Labute approximate surface area is 130 Å². The highest BCUT2D eigenvalue weighted by molar-refractivity contribution is 5.78. The summed E-state index contributed by atoms with van der Waals surface area (Å²) >= 11 is 0. The van der Waals surface area contributed by atoms with Crippen molar-refractivity contribution in [3.05, 3.63) is 35.5 Å². The Hall–Kier alpha value is -2.30. The minimum atomic E-state index is 0.0000416. The molecule has 22 heavy (non-hydrogen) atoms. The molecule has 2 heterocycles. The van der Waals surface area contributed by atoms with E-state index in [1.54, 1.807) is 10.9 Å². The van der Waals surface area contributed by atoms with Crippen molar-refractivity contribution in [1.29, 1.82) is 0 Å². The summed E-state index contributed by atoms with van der Waals surface area (Å²) in [6, 6.07) is 6.09. The van der Waals surface area contributed by atoms with Crippen LogP contribution in [0.3, 0.4) is 0 Å². The van der Waals surface area contributed by atoms with Crippen LogP contribution in [0.1, 0.15) is 30.9 Å². The number of hydrogen-bond acceptors (Lipinski definition) is 3. The standard InChI is InChI=1S/C17H21N3O2/c1-3-4-7-18-16(21)10-20-17-13(9-19-20)11-22-15-6-5-12(2)8-14(15)17/h5-6,8-9H,3-4,7,10-11H2,1-2H3,(H,18,21). The lowest BCUT2D eigenvalue weighted by Gasteiger charge is -2.19. The van der Waals surface area contributed by atoms with Gasteiger partial charge in [-0.1, -0.05) is 25.0 Å². The van der Waals surface area contributed by atoms with Gasteiger partial charge in [0.2, 0.25) is 5.91 Å². The molecule has 0 bridgehead atoms. The number of carbonyl (C=O) groups is 1. The Balaban J connectivity index is 1.84. The van der Waals surface area contributed by atoms with Gasteiger partial charge in [-0.05, 0) is 25.5 Å². The zero-order valence-corrected chi connectivity index (χ0v) is 13.1. The first-order chi connectivity index (χ1) is 10.7. The summed E-state index contributed by atoms with van der Waals surface area (Å²) in [5.74, 6) is 0.853. The molecule has 1 N–H and O–H groups in total. The van der Waals surface area contributed by atoms with Crippen LogP contribution in [-0.4, -0.2) is 22.2 Å². The molecule has 116 valence electrons. The topological polar surface area (TPSA) is 56.2 Å². The Bertz CT molecular complexity index is 691. The van der Waals surface area contributed by atoms with Crippen LogP contribution >= 0.6 is 0 Å². The molecule has 5 nitrogen and oxygen atoms in total. The highest BCUT2D eigenvalue weighted by Crippen LogP contribution is 2.37. The number of carbonyl (C=O) groups excluding carboxylic acids is 1. The Morgan fingerprint density at radius 1 is 1.45 bits per heavy atom. The number of fused-ring (bicyclic) bond motifs is 3. The minimum Gasteiger partial charge on any atom is -0.488 e. The second-order valence-corrected chi connectivity index (χ2v) is 5.67. The second kappa shape index (κ2) is 6.22. The van der Waals surface area contributed by atoms with Gasteiger partial charge in [0.25, 0.3) is 0 Å². The lowest BCUT2D eigenvalue weighted by molar-refractivity contribution is -0.121. The third-order valence-corrected chi connectivity index (χ3v) is 3.83. The van der Waals surface area contributed by atoms with Crippen molar-refractivity contribution in [1.82, 2.24) is 15.1 Å². The maximum atomic E-state index is 12.0. The molecule has 0 fully saturated rings. The van der Waals surface area contributed by atoms with Crippen molar-refractivity contribution in [2.24, 2.45) is 0 Å². The van der Waals surface area contributed by atoms with E-state index >= 15 is 0 Å². The molecule has 1 aromatic heterocycles. The van der Waals surface area contributed by atoms with Crippen LogP contribution in [-0.2, 0) is 17.9 Å². The third-order valence-electron chi connectivity index (χ3n) is 3.83. The molecule has 0 radical (unpaired) electrons. The van der Waals surface area contributed by atoms with Gasteiger partial charge in [-0.2, -0.15) is 5.10 Å². The number of amides is 1. The maximum absolute atomic E-state index is 12.0. The molecule has 2 aromatic rings. The van der Waals surface area contributed by atoms with Gasteiger partial charge >= 0.3 is 0 Å². The van der Waals surface area contributed by atoms with Crippen LogP contribution in [0, 0.1) is 6.92 Å². The van der Waals surface area contributed by atoms with Crippen molar-refractivity contribution in [3.63, 3.8) is 0 Å². The van der Waals surface area contributed by atoms with Crippen LogP contribution in [0.25, 0.3) is 11.3 Å². The number of hydrogen-bond donors (Lipinski definition) is 1. The lowest BCUT2D eigenvalue weighted by atomic mass is 10.0. The molecule has 1 aliphatic rings. The number of nitrogens with one attached hydrogen (secondary N) is 1. The van der Waals surface area contributed by atoms with Gasteiger partial charge in [0.1, 0.15) is 18.9 Å². The van der Waals surface area contributed by atoms with Crippen molar-refractivity contribution < 1.29 is 9.53 Å². The molecule has 0 spiro atoms. The molecular weight excluding hydrogens is 278 g/mol. The van der Waals surface area contributed by atoms with Gasteiger partial charge in [-0.15, -0.1) is 0 Å². The molecular formula is C17H21N3O2. The minimum absolute atomic E-state index is 0.0000416. The van der Waals surface area contributed by atoms with Crippen molar-refractivity contribution in [2.75, 3.05) is 6.54 Å². The molecule has 5 heteroatoms. The summed E-state index contributed by atoms with van der Waals surface area (Å²) in [5, 5.41) is 7.30. The first-order valence-electron chi connectivity index (χ1n) is 7.74. The van der Waals surface area contributed by atoms with E-state index in [0.717, 1.165) is 47.5 Å². The summed E-state index contributed by atoms with van der Waals surface area (Å²) in [5.41, 5.74) is 4.20. The number of nitrogens with zero attached hydrogens (tertiary/aromatic N) is 2. The number of rotatable bonds is 5. The number of unbranched alkanes of at least 4 members (excludes halogenated alkanes) is 1. The molecule has 0 aliphatic carbocycles. The average molecular weight is 299 g/mol. The second-order valence-electron chi connectivity index (χ2n) is 5.67. The highest BCUT2D eigenvalue weighted by Gasteiger charge is 2.23. The van der Waals surface area contributed by atoms with E-state index in [1.165, 1.54) is 0 Å². The predicted molar refractivity (Wildman–Crippen MR) is 84.6 cm³/mol. The Morgan fingerprint density at radius 2 is 2.32 bits per heavy atom. The summed E-state index contributed by atoms with van der Waals surface area (Å²) in [4.78, 5) is 12.0. The predicted octanol–water partition coefficient (Wildman–Crippen LogP) is 2.67. The first kappa shape index (κ1) is 14.6. The summed E-state index contributed by atoms with van der Waals surface area (Å²) in [7, 11) is 0. The van der Waals surface area contributed by atoms with E-state index in [4.69, 9.17) is 4.74 Å². The van der Waals surface area contributed by atoms with Crippen LogP contribution < -0.4 is 10.1 Å². The van der Waals surface area contributed by atoms with E-state index in [0.29, 0.717) is 6.61 Å². The van der Waals surface area contributed by atoms with E-state index in [-0.39, 0.29) is 12.5 Å². The van der Waals surface area contributed by atoms with Gasteiger partial charge in [-0.3, -0.25) is 9.48 Å². The van der Waals surface area contributed by atoms with Gasteiger partial charge in [0, 0.05) is 17.7 Å². The number of benzene rings is 1. The Morgan fingerprint density at radius 3 is 3.14 bits per heavy atom. The van der Waals surface area contributed by atoms with Crippen LogP contribution in [0.2, 0.25) is 0 Å². The van der Waals surface area contributed by atoms with E-state index < -0.39 is 0 Å². The van der Waals surface area contributed by atoms with Gasteiger partial charge in [0.05, 0.1) is 11.9 Å². The number of aromatic nitrogens is 2. The molecule has 0 atom stereocenters.